The average Bonchev–Trinajstić information content (AvgIpc) is 3.06. The second-order valence-electron chi connectivity index (χ2n) is 7.82. The maximum Gasteiger partial charge on any atom is 0.335 e. The molecule has 0 spiro atoms. The van der Waals surface area contributed by atoms with Gasteiger partial charge in [-0.25, -0.2) is 4.79 Å². The van der Waals surface area contributed by atoms with Gasteiger partial charge in [-0.2, -0.15) is 4.98 Å². The van der Waals surface area contributed by atoms with Crippen molar-refractivity contribution < 1.29 is 14.4 Å². The summed E-state index contributed by atoms with van der Waals surface area (Å²) in [4.78, 5) is 20.2. The van der Waals surface area contributed by atoms with Crippen molar-refractivity contribution in [2.45, 2.75) is 39.3 Å². The molecule has 0 radical (unpaired) electrons. The Bertz CT molecular complexity index is 758. The van der Waals surface area contributed by atoms with Gasteiger partial charge in [0.2, 0.25) is 5.89 Å². The number of carboxylic acids is 1. The molecule has 140 valence electrons. The van der Waals surface area contributed by atoms with Gasteiger partial charge in [0.05, 0.1) is 12.1 Å². The van der Waals surface area contributed by atoms with E-state index in [9.17, 15) is 4.79 Å². The number of piperazine rings is 1. The van der Waals surface area contributed by atoms with Gasteiger partial charge in [-0.15, -0.1) is 0 Å². The van der Waals surface area contributed by atoms with Crippen LogP contribution < -0.4 is 0 Å². The first-order valence-electron chi connectivity index (χ1n) is 8.91. The molecule has 2 aromatic rings. The summed E-state index contributed by atoms with van der Waals surface area (Å²) in [6, 6.07) is 7.16. The molecule has 0 atom stereocenters. The van der Waals surface area contributed by atoms with Crippen LogP contribution in [0, 0.1) is 0 Å². The lowest BCUT2D eigenvalue weighted by molar-refractivity contribution is 0.0696. The number of nitrogens with zero attached hydrogens (tertiary/aromatic N) is 4. The number of carbonyl (C=O) groups is 1. The maximum atomic E-state index is 11.1. The zero-order valence-electron chi connectivity index (χ0n) is 15.6. The van der Waals surface area contributed by atoms with Gasteiger partial charge >= 0.3 is 5.97 Å². The highest BCUT2D eigenvalue weighted by molar-refractivity contribution is 5.87. The molecule has 3 rings (SSSR count). The van der Waals surface area contributed by atoms with E-state index in [4.69, 9.17) is 9.63 Å². The van der Waals surface area contributed by atoms with Crippen LogP contribution in [-0.4, -0.2) is 57.2 Å². The molecule has 0 bridgehead atoms. The van der Waals surface area contributed by atoms with Crippen molar-refractivity contribution in [1.29, 1.82) is 0 Å². The van der Waals surface area contributed by atoms with Crippen LogP contribution in [0.25, 0.3) is 0 Å². The van der Waals surface area contributed by atoms with Gasteiger partial charge in [-0.1, -0.05) is 38.1 Å². The van der Waals surface area contributed by atoms with Crippen molar-refractivity contribution in [2.75, 3.05) is 26.2 Å². The second kappa shape index (κ2) is 7.55. The monoisotopic (exact) mass is 358 g/mol. The number of carboxylic acid groups (broad SMARTS) is 1. The van der Waals surface area contributed by atoms with E-state index in [0.29, 0.717) is 18.0 Å². The molecule has 1 aliphatic heterocycles. The SMILES string of the molecule is CC(C)(C)c1nc(CN2CCN(Cc3cccc(C(=O)O)c3)CC2)no1. The van der Waals surface area contributed by atoms with Crippen LogP contribution in [0.2, 0.25) is 0 Å². The number of hydrogen-bond donors (Lipinski definition) is 1. The van der Waals surface area contributed by atoms with Crippen LogP contribution in [0.3, 0.4) is 0 Å². The standard InChI is InChI=1S/C19H26N4O3/c1-19(2,3)18-20-16(21-26-18)13-23-9-7-22(8-10-23)12-14-5-4-6-15(11-14)17(24)25/h4-6,11H,7-10,12-13H2,1-3H3,(H,24,25). The van der Waals surface area contributed by atoms with Crippen LogP contribution in [0.5, 0.6) is 0 Å². The van der Waals surface area contributed by atoms with Gasteiger partial charge in [0.25, 0.3) is 0 Å². The molecular weight excluding hydrogens is 332 g/mol. The third-order valence-corrected chi connectivity index (χ3v) is 4.52. The highest BCUT2D eigenvalue weighted by Gasteiger charge is 2.23. The molecular formula is C19H26N4O3. The van der Waals surface area contributed by atoms with Crippen LogP contribution in [0.15, 0.2) is 28.8 Å². The topological polar surface area (TPSA) is 82.7 Å². The van der Waals surface area contributed by atoms with Gasteiger partial charge in [0.15, 0.2) is 5.82 Å². The Hall–Kier alpha value is -2.25. The summed E-state index contributed by atoms with van der Waals surface area (Å²) in [7, 11) is 0. The fourth-order valence-corrected chi connectivity index (χ4v) is 2.99. The van der Waals surface area contributed by atoms with E-state index < -0.39 is 5.97 Å². The largest absolute Gasteiger partial charge is 0.478 e. The number of benzene rings is 1. The molecule has 1 saturated heterocycles. The fourth-order valence-electron chi connectivity index (χ4n) is 2.99. The quantitative estimate of drug-likeness (QED) is 0.878. The lowest BCUT2D eigenvalue weighted by Gasteiger charge is -2.34. The van der Waals surface area contributed by atoms with Crippen LogP contribution in [0.1, 0.15) is 48.4 Å². The highest BCUT2D eigenvalue weighted by Crippen LogP contribution is 2.20. The van der Waals surface area contributed by atoms with Gasteiger partial charge in [0.1, 0.15) is 0 Å². The summed E-state index contributed by atoms with van der Waals surface area (Å²) in [5.41, 5.74) is 1.24. The minimum atomic E-state index is -0.883. The molecule has 7 heteroatoms. The summed E-state index contributed by atoms with van der Waals surface area (Å²) >= 11 is 0. The first-order chi connectivity index (χ1) is 12.3. The number of aromatic carboxylic acids is 1. The van der Waals surface area contributed by atoms with Crippen LogP contribution in [0.4, 0.5) is 0 Å². The number of rotatable bonds is 5. The van der Waals surface area contributed by atoms with E-state index in [-0.39, 0.29) is 5.41 Å². The van der Waals surface area contributed by atoms with Gasteiger partial charge < -0.3 is 9.63 Å². The molecule has 26 heavy (non-hydrogen) atoms. The zero-order chi connectivity index (χ0) is 18.7. The van der Waals surface area contributed by atoms with Crippen molar-refractivity contribution in [3.05, 3.63) is 47.1 Å². The smallest absolute Gasteiger partial charge is 0.335 e. The Balaban J connectivity index is 1.51. The van der Waals surface area contributed by atoms with E-state index in [1.165, 1.54) is 0 Å². The number of hydrogen-bond acceptors (Lipinski definition) is 6. The molecule has 0 amide bonds. The average molecular weight is 358 g/mol. The lowest BCUT2D eigenvalue weighted by Crippen LogP contribution is -2.45. The molecule has 1 fully saturated rings. The Kier molecular flexibility index (Phi) is 5.38. The zero-order valence-corrected chi connectivity index (χ0v) is 15.6. The molecule has 1 N–H and O–H groups in total. The van der Waals surface area contributed by atoms with Crippen LogP contribution in [-0.2, 0) is 18.5 Å². The van der Waals surface area contributed by atoms with Crippen molar-refractivity contribution in [1.82, 2.24) is 19.9 Å². The first kappa shape index (κ1) is 18.5. The summed E-state index contributed by atoms with van der Waals surface area (Å²) in [6.45, 7) is 11.4. The molecule has 1 aromatic heterocycles. The third kappa shape index (κ3) is 4.68. The molecule has 1 aliphatic rings. The summed E-state index contributed by atoms with van der Waals surface area (Å²) in [5.74, 6) is 0.522. The van der Waals surface area contributed by atoms with Crippen molar-refractivity contribution >= 4 is 5.97 Å². The molecule has 0 aliphatic carbocycles. The molecule has 1 aromatic carbocycles. The van der Waals surface area contributed by atoms with Gasteiger partial charge in [-0.3, -0.25) is 9.80 Å². The van der Waals surface area contributed by atoms with Crippen LogP contribution >= 0.6 is 0 Å². The summed E-state index contributed by atoms with van der Waals surface area (Å²) in [5, 5.41) is 13.2. The van der Waals surface area contributed by atoms with Gasteiger partial charge in [-0.05, 0) is 17.7 Å². The normalized spacial score (nSPS) is 16.7. The second-order valence-corrected chi connectivity index (χ2v) is 7.82. The van der Waals surface area contributed by atoms with Gasteiger partial charge in [0, 0.05) is 38.1 Å². The molecule has 2 heterocycles. The summed E-state index contributed by atoms with van der Waals surface area (Å²) in [6.07, 6.45) is 0. The Morgan fingerprint density at radius 2 is 1.81 bits per heavy atom. The van der Waals surface area contributed by atoms with Crippen molar-refractivity contribution in [2.24, 2.45) is 0 Å². The minimum Gasteiger partial charge on any atom is -0.478 e. The Morgan fingerprint density at radius 3 is 2.38 bits per heavy atom. The lowest BCUT2D eigenvalue weighted by atomic mass is 9.97. The van der Waals surface area contributed by atoms with Crippen molar-refractivity contribution in [3.63, 3.8) is 0 Å². The molecule has 0 saturated carbocycles. The first-order valence-corrected chi connectivity index (χ1v) is 8.91. The van der Waals surface area contributed by atoms with Crippen molar-refractivity contribution in [3.8, 4) is 0 Å². The third-order valence-electron chi connectivity index (χ3n) is 4.52. The van der Waals surface area contributed by atoms with E-state index in [1.54, 1.807) is 18.2 Å². The Morgan fingerprint density at radius 1 is 1.15 bits per heavy atom. The Labute approximate surface area is 153 Å². The molecule has 0 unspecified atom stereocenters. The highest BCUT2D eigenvalue weighted by atomic mass is 16.5. The van der Waals surface area contributed by atoms with E-state index >= 15 is 0 Å². The maximum absolute atomic E-state index is 11.1. The predicted molar refractivity (Wildman–Crippen MR) is 97.0 cm³/mol. The predicted octanol–water partition coefficient (Wildman–Crippen LogP) is 2.38. The van der Waals surface area contributed by atoms with E-state index in [0.717, 1.165) is 44.1 Å². The molecule has 7 nitrogen and oxygen atoms in total. The van der Waals surface area contributed by atoms with E-state index in [1.807, 2.05) is 6.07 Å². The van der Waals surface area contributed by atoms with E-state index in [2.05, 4.69) is 40.7 Å². The fraction of sp³-hybridized carbons (Fsp3) is 0.526. The number of aromatic nitrogens is 2. The summed E-state index contributed by atoms with van der Waals surface area (Å²) < 4.78 is 5.36. The minimum absolute atomic E-state index is 0.131.